The number of aliphatic carboxylic acids is 2. The third kappa shape index (κ3) is 9.46. The molecule has 0 aliphatic rings. The number of nitrogens with one attached hydrogen (secondary N) is 4. The Labute approximate surface area is 194 Å². The van der Waals surface area contributed by atoms with Crippen LogP contribution in [0.25, 0.3) is 0 Å². The zero-order chi connectivity index (χ0) is 25.1. The van der Waals surface area contributed by atoms with Gasteiger partial charge in [0.25, 0.3) is 0 Å². The summed E-state index contributed by atoms with van der Waals surface area (Å²) in [7, 11) is 0. The average Bonchev–Trinajstić information content (AvgIpc) is 3.24. The molecule has 0 aliphatic heterocycles. The van der Waals surface area contributed by atoms with Crippen molar-refractivity contribution < 1.29 is 39.3 Å². The number of thiol groups is 1. The van der Waals surface area contributed by atoms with Gasteiger partial charge < -0.3 is 42.0 Å². The summed E-state index contributed by atoms with van der Waals surface area (Å²) in [6.45, 7) is 1.16. The van der Waals surface area contributed by atoms with E-state index in [1.165, 1.54) is 12.5 Å². The number of imidazole rings is 1. The Morgan fingerprint density at radius 1 is 1.09 bits per heavy atom. The number of carboxylic acids is 2. The van der Waals surface area contributed by atoms with Crippen molar-refractivity contribution in [1.82, 2.24) is 25.9 Å². The molecule has 0 saturated carbocycles. The van der Waals surface area contributed by atoms with E-state index in [1.54, 1.807) is 0 Å². The van der Waals surface area contributed by atoms with Gasteiger partial charge in [-0.05, 0) is 13.3 Å². The summed E-state index contributed by atoms with van der Waals surface area (Å²) in [5, 5.41) is 34.3. The van der Waals surface area contributed by atoms with Gasteiger partial charge >= 0.3 is 11.9 Å². The molecule has 0 aromatic carbocycles. The molecule has 5 unspecified atom stereocenters. The number of amides is 3. The predicted octanol–water partition coefficient (Wildman–Crippen LogP) is -3.01. The monoisotopic (exact) mass is 488 g/mol. The van der Waals surface area contributed by atoms with E-state index in [-0.39, 0.29) is 18.6 Å². The molecule has 0 fully saturated rings. The molecular formula is C18H28N6O8S. The van der Waals surface area contributed by atoms with Gasteiger partial charge in [-0.25, -0.2) is 9.78 Å². The third-order valence-corrected chi connectivity index (χ3v) is 4.84. The smallest absolute Gasteiger partial charge is 0.328 e. The molecule has 5 atom stereocenters. The van der Waals surface area contributed by atoms with Crippen molar-refractivity contribution >= 4 is 42.3 Å². The minimum atomic E-state index is -1.63. The van der Waals surface area contributed by atoms with E-state index in [2.05, 4.69) is 38.5 Å². The number of aromatic nitrogens is 2. The molecule has 3 amide bonds. The average molecular weight is 489 g/mol. The Hall–Kier alpha value is -3.17. The highest BCUT2D eigenvalue weighted by Crippen LogP contribution is 2.03. The zero-order valence-corrected chi connectivity index (χ0v) is 18.6. The van der Waals surface area contributed by atoms with E-state index >= 15 is 0 Å². The molecule has 33 heavy (non-hydrogen) atoms. The first-order valence-corrected chi connectivity index (χ1v) is 10.5. The number of hydrogen-bond donors (Lipinski definition) is 9. The second-order valence-corrected chi connectivity index (χ2v) is 7.56. The summed E-state index contributed by atoms with van der Waals surface area (Å²) in [5.74, 6) is -5.51. The van der Waals surface area contributed by atoms with Crippen LogP contribution in [0, 0.1) is 0 Å². The highest BCUT2D eigenvalue weighted by atomic mass is 32.1. The standard InChI is InChI=1S/C18H28N6O8S/c1-8(25)14(18(31)32)24-17(30)12(6-33)23-16(29)11(2-3-13(26)27)22-15(28)10(19)4-9-5-20-7-21-9/h5,7-8,10-12,14,25,33H,2-4,6,19H2,1H3,(H,20,21)(H,22,28)(H,23,29)(H,24,30)(H,26,27)(H,31,32). The number of hydrogen-bond acceptors (Lipinski definition) is 9. The maximum atomic E-state index is 12.7. The first-order valence-electron chi connectivity index (χ1n) is 9.83. The molecule has 0 bridgehead atoms. The number of nitrogens with two attached hydrogens (primary N) is 1. The Bertz CT molecular complexity index is 834. The second kappa shape index (κ2) is 13.4. The van der Waals surface area contributed by atoms with Crippen LogP contribution in [0.5, 0.6) is 0 Å². The van der Waals surface area contributed by atoms with Crippen LogP contribution in [0.3, 0.4) is 0 Å². The van der Waals surface area contributed by atoms with E-state index in [0.29, 0.717) is 5.69 Å². The van der Waals surface area contributed by atoms with Crippen LogP contribution in [-0.2, 0) is 30.4 Å². The van der Waals surface area contributed by atoms with Crippen molar-refractivity contribution in [2.24, 2.45) is 5.73 Å². The molecule has 0 radical (unpaired) electrons. The van der Waals surface area contributed by atoms with Gasteiger partial charge in [0.1, 0.15) is 12.1 Å². The molecule has 15 heteroatoms. The number of aromatic amines is 1. The number of H-pyrrole nitrogens is 1. The summed E-state index contributed by atoms with van der Waals surface area (Å²) in [5.41, 5.74) is 6.41. The largest absolute Gasteiger partial charge is 0.481 e. The molecule has 1 aromatic heterocycles. The lowest BCUT2D eigenvalue weighted by Crippen LogP contribution is -2.59. The van der Waals surface area contributed by atoms with Gasteiger partial charge in [-0.15, -0.1) is 0 Å². The van der Waals surface area contributed by atoms with Crippen molar-refractivity contribution in [3.8, 4) is 0 Å². The van der Waals surface area contributed by atoms with Crippen molar-refractivity contribution in [1.29, 1.82) is 0 Å². The maximum absolute atomic E-state index is 12.7. The Kier molecular flexibility index (Phi) is 11.3. The molecular weight excluding hydrogens is 460 g/mol. The fourth-order valence-electron chi connectivity index (χ4n) is 2.65. The number of nitrogens with zero attached hydrogens (tertiary/aromatic N) is 1. The van der Waals surface area contributed by atoms with Gasteiger partial charge in [-0.3, -0.25) is 19.2 Å². The molecule has 0 spiro atoms. The highest BCUT2D eigenvalue weighted by Gasteiger charge is 2.31. The Morgan fingerprint density at radius 3 is 2.18 bits per heavy atom. The molecule has 184 valence electrons. The number of rotatable bonds is 14. The summed E-state index contributed by atoms with van der Waals surface area (Å²) >= 11 is 3.96. The fourth-order valence-corrected chi connectivity index (χ4v) is 2.91. The summed E-state index contributed by atoms with van der Waals surface area (Å²) < 4.78 is 0. The number of aliphatic hydroxyl groups is 1. The van der Waals surface area contributed by atoms with Crippen molar-refractivity contribution in [3.63, 3.8) is 0 Å². The molecule has 0 aliphatic carbocycles. The molecule has 1 rings (SSSR count). The van der Waals surface area contributed by atoms with Gasteiger partial charge in [-0.1, -0.05) is 0 Å². The molecule has 1 heterocycles. The van der Waals surface area contributed by atoms with Crippen molar-refractivity contribution in [2.75, 3.05) is 5.75 Å². The molecule has 1 aromatic rings. The lowest BCUT2D eigenvalue weighted by molar-refractivity contribution is -0.145. The topological polar surface area (TPSA) is 237 Å². The fraction of sp³-hybridized carbons (Fsp3) is 0.556. The van der Waals surface area contributed by atoms with Crippen LogP contribution >= 0.6 is 12.6 Å². The normalized spacial score (nSPS) is 15.4. The second-order valence-electron chi connectivity index (χ2n) is 7.19. The first kappa shape index (κ1) is 27.9. The SMILES string of the molecule is CC(O)C(NC(=O)C(CS)NC(=O)C(CCC(=O)O)NC(=O)C(N)Cc1cnc[nH]1)C(=O)O. The number of carbonyl (C=O) groups excluding carboxylic acids is 3. The lowest BCUT2D eigenvalue weighted by Gasteiger charge is -2.24. The summed E-state index contributed by atoms with van der Waals surface area (Å²) in [4.78, 5) is 66.2. The van der Waals surface area contributed by atoms with E-state index in [4.69, 9.17) is 15.9 Å². The molecule has 14 nitrogen and oxygen atoms in total. The molecule has 0 saturated heterocycles. The van der Waals surface area contributed by atoms with Gasteiger partial charge in [-0.2, -0.15) is 12.6 Å². The van der Waals surface area contributed by atoms with Crippen LogP contribution in [-0.4, -0.2) is 91.0 Å². The van der Waals surface area contributed by atoms with Gasteiger partial charge in [0.15, 0.2) is 6.04 Å². The quantitative estimate of drug-likeness (QED) is 0.120. The lowest BCUT2D eigenvalue weighted by atomic mass is 10.1. The van der Waals surface area contributed by atoms with E-state index in [1.807, 2.05) is 0 Å². The van der Waals surface area contributed by atoms with E-state index < -0.39 is 66.4 Å². The highest BCUT2D eigenvalue weighted by molar-refractivity contribution is 7.80. The third-order valence-electron chi connectivity index (χ3n) is 4.47. The number of carboxylic acid groups (broad SMARTS) is 2. The summed E-state index contributed by atoms with van der Waals surface area (Å²) in [6, 6.07) is -5.37. The van der Waals surface area contributed by atoms with Crippen LogP contribution < -0.4 is 21.7 Å². The van der Waals surface area contributed by atoms with Gasteiger partial charge in [0.2, 0.25) is 17.7 Å². The van der Waals surface area contributed by atoms with E-state index in [0.717, 1.165) is 6.92 Å². The minimum absolute atomic E-state index is 0.0801. The summed E-state index contributed by atoms with van der Waals surface area (Å²) in [6.07, 6.45) is 0.775. The predicted molar refractivity (Wildman–Crippen MR) is 116 cm³/mol. The van der Waals surface area contributed by atoms with Crippen LogP contribution in [0.15, 0.2) is 12.5 Å². The van der Waals surface area contributed by atoms with Crippen LogP contribution in [0.4, 0.5) is 0 Å². The van der Waals surface area contributed by atoms with Gasteiger partial charge in [0.05, 0.1) is 18.5 Å². The van der Waals surface area contributed by atoms with Gasteiger partial charge in [0, 0.05) is 30.5 Å². The number of carbonyl (C=O) groups is 5. The van der Waals surface area contributed by atoms with Crippen LogP contribution in [0.1, 0.15) is 25.5 Å². The minimum Gasteiger partial charge on any atom is -0.481 e. The first-order chi connectivity index (χ1) is 15.5. The maximum Gasteiger partial charge on any atom is 0.328 e. The number of aliphatic hydroxyl groups excluding tert-OH is 1. The van der Waals surface area contributed by atoms with Crippen molar-refractivity contribution in [3.05, 3.63) is 18.2 Å². The Balaban J connectivity index is 2.86. The van der Waals surface area contributed by atoms with E-state index in [9.17, 15) is 29.1 Å². The Morgan fingerprint density at radius 2 is 1.70 bits per heavy atom. The van der Waals surface area contributed by atoms with Crippen molar-refractivity contribution in [2.45, 2.75) is 56.5 Å². The zero-order valence-electron chi connectivity index (χ0n) is 17.7. The van der Waals surface area contributed by atoms with Crippen LogP contribution in [0.2, 0.25) is 0 Å². The molecule has 9 N–H and O–H groups in total.